The van der Waals surface area contributed by atoms with Gasteiger partial charge in [0.1, 0.15) is 18.4 Å². The van der Waals surface area contributed by atoms with E-state index >= 15 is 0 Å². The maximum atomic E-state index is 9.96. The van der Waals surface area contributed by atoms with E-state index in [1.807, 2.05) is 12.1 Å². The molecule has 3 atom stereocenters. The standard InChI is InChI=1S/C18H23NO6/c1-18(2,21)13(20)9-25-12-6-5-10-14(16(12)23-4)19-17-11(7-8-24-17)15(10)22-3/h5-8,11,13,15,20-21H,9H2,1-4H3/t11-,13+,15+/m0/s1. The highest BCUT2D eigenvalue weighted by molar-refractivity contribution is 5.90. The molecular weight excluding hydrogens is 326 g/mol. The van der Waals surface area contributed by atoms with E-state index in [0.717, 1.165) is 5.56 Å². The molecule has 25 heavy (non-hydrogen) atoms. The van der Waals surface area contributed by atoms with Crippen molar-refractivity contribution in [1.29, 1.82) is 0 Å². The number of nitrogens with zero attached hydrogens (tertiary/aromatic N) is 1. The van der Waals surface area contributed by atoms with Crippen LogP contribution in [0.25, 0.3) is 0 Å². The topological polar surface area (TPSA) is 89.7 Å². The predicted octanol–water partition coefficient (Wildman–Crippen LogP) is 2.10. The second kappa shape index (κ2) is 6.67. The van der Waals surface area contributed by atoms with Crippen molar-refractivity contribution < 1.29 is 29.2 Å². The highest BCUT2D eigenvalue weighted by Crippen LogP contribution is 2.49. The van der Waals surface area contributed by atoms with Gasteiger partial charge in [-0.15, -0.1) is 0 Å². The molecule has 0 bridgehead atoms. The van der Waals surface area contributed by atoms with E-state index in [1.54, 1.807) is 19.4 Å². The Labute approximate surface area is 146 Å². The molecule has 2 heterocycles. The molecule has 1 aromatic rings. The van der Waals surface area contributed by atoms with Crippen LogP contribution in [0.15, 0.2) is 29.5 Å². The minimum atomic E-state index is -1.26. The Morgan fingerprint density at radius 3 is 2.72 bits per heavy atom. The van der Waals surface area contributed by atoms with E-state index in [-0.39, 0.29) is 18.6 Å². The van der Waals surface area contributed by atoms with Gasteiger partial charge in [-0.3, -0.25) is 0 Å². The van der Waals surface area contributed by atoms with E-state index in [2.05, 4.69) is 4.99 Å². The molecule has 7 heteroatoms. The molecule has 0 unspecified atom stereocenters. The van der Waals surface area contributed by atoms with Crippen LogP contribution in [-0.4, -0.2) is 48.6 Å². The van der Waals surface area contributed by atoms with Gasteiger partial charge in [-0.2, -0.15) is 0 Å². The molecule has 0 saturated carbocycles. The highest BCUT2D eigenvalue weighted by Gasteiger charge is 2.37. The third kappa shape index (κ3) is 3.22. The van der Waals surface area contributed by atoms with Gasteiger partial charge in [-0.05, 0) is 26.0 Å². The Balaban J connectivity index is 1.94. The number of ether oxygens (including phenoxy) is 4. The van der Waals surface area contributed by atoms with Gasteiger partial charge < -0.3 is 29.2 Å². The molecule has 1 aromatic carbocycles. The van der Waals surface area contributed by atoms with Gasteiger partial charge >= 0.3 is 0 Å². The largest absolute Gasteiger partial charge is 0.491 e. The van der Waals surface area contributed by atoms with Crippen molar-refractivity contribution in [2.24, 2.45) is 10.9 Å². The zero-order valence-corrected chi connectivity index (χ0v) is 14.7. The molecule has 2 N–H and O–H groups in total. The third-order valence-corrected chi connectivity index (χ3v) is 4.41. The maximum Gasteiger partial charge on any atom is 0.204 e. The molecule has 0 fully saturated rings. The average molecular weight is 349 g/mol. The quantitative estimate of drug-likeness (QED) is 0.817. The Bertz CT molecular complexity index is 706. The summed E-state index contributed by atoms with van der Waals surface area (Å²) in [7, 11) is 3.16. The number of aliphatic hydroxyl groups is 2. The van der Waals surface area contributed by atoms with E-state index in [0.29, 0.717) is 23.1 Å². The summed E-state index contributed by atoms with van der Waals surface area (Å²) in [6.07, 6.45) is 2.24. The van der Waals surface area contributed by atoms with Crippen LogP contribution in [0.4, 0.5) is 5.69 Å². The van der Waals surface area contributed by atoms with Gasteiger partial charge in [-0.1, -0.05) is 6.07 Å². The lowest BCUT2D eigenvalue weighted by atomic mass is 9.91. The summed E-state index contributed by atoms with van der Waals surface area (Å²) in [6, 6.07) is 3.62. The first kappa shape index (κ1) is 17.7. The lowest BCUT2D eigenvalue weighted by Gasteiger charge is -2.28. The van der Waals surface area contributed by atoms with Crippen molar-refractivity contribution in [3.8, 4) is 11.5 Å². The normalized spacial score (nSPS) is 22.6. The number of rotatable bonds is 6. The molecule has 0 aliphatic carbocycles. The fourth-order valence-electron chi connectivity index (χ4n) is 2.86. The van der Waals surface area contributed by atoms with Crippen molar-refractivity contribution in [1.82, 2.24) is 0 Å². The number of hydrogen-bond acceptors (Lipinski definition) is 7. The number of fused-ring (bicyclic) bond motifs is 2. The van der Waals surface area contributed by atoms with Gasteiger partial charge in [0.25, 0.3) is 0 Å². The van der Waals surface area contributed by atoms with Crippen LogP contribution in [0.1, 0.15) is 25.5 Å². The molecule has 3 rings (SSSR count). The van der Waals surface area contributed by atoms with Crippen LogP contribution in [0.2, 0.25) is 0 Å². The molecule has 0 radical (unpaired) electrons. The highest BCUT2D eigenvalue weighted by atomic mass is 16.5. The van der Waals surface area contributed by atoms with Gasteiger partial charge in [0.2, 0.25) is 5.90 Å². The van der Waals surface area contributed by atoms with Gasteiger partial charge in [0.05, 0.1) is 31.0 Å². The lowest BCUT2D eigenvalue weighted by Crippen LogP contribution is -2.40. The average Bonchev–Trinajstić information content (AvgIpc) is 3.04. The Kier molecular flexibility index (Phi) is 4.73. The second-order valence-electron chi connectivity index (χ2n) is 6.59. The first-order valence-electron chi connectivity index (χ1n) is 8.05. The van der Waals surface area contributed by atoms with E-state index in [4.69, 9.17) is 18.9 Å². The molecule has 2 aliphatic rings. The fourth-order valence-corrected chi connectivity index (χ4v) is 2.86. The minimum Gasteiger partial charge on any atom is -0.491 e. The molecule has 2 aliphatic heterocycles. The second-order valence-corrected chi connectivity index (χ2v) is 6.59. The summed E-state index contributed by atoms with van der Waals surface area (Å²) in [5.74, 6) is 1.34. The first-order chi connectivity index (χ1) is 11.9. The molecule has 7 nitrogen and oxygen atoms in total. The summed E-state index contributed by atoms with van der Waals surface area (Å²) < 4.78 is 22.2. The summed E-state index contributed by atoms with van der Waals surface area (Å²) in [4.78, 5) is 4.55. The van der Waals surface area contributed by atoms with Crippen LogP contribution in [0.3, 0.4) is 0 Å². The van der Waals surface area contributed by atoms with Crippen LogP contribution in [0, 0.1) is 5.92 Å². The van der Waals surface area contributed by atoms with Crippen molar-refractivity contribution in [3.05, 3.63) is 30.0 Å². The smallest absolute Gasteiger partial charge is 0.204 e. The summed E-state index contributed by atoms with van der Waals surface area (Å²) in [5, 5.41) is 19.8. The number of aliphatic imine (C=N–C) groups is 1. The van der Waals surface area contributed by atoms with Gasteiger partial charge in [0, 0.05) is 12.7 Å². The third-order valence-electron chi connectivity index (χ3n) is 4.41. The van der Waals surface area contributed by atoms with E-state index in [9.17, 15) is 10.2 Å². The molecule has 0 saturated heterocycles. The van der Waals surface area contributed by atoms with Crippen molar-refractivity contribution in [3.63, 3.8) is 0 Å². The van der Waals surface area contributed by atoms with Crippen molar-refractivity contribution >= 4 is 11.6 Å². The minimum absolute atomic E-state index is 0.0639. The maximum absolute atomic E-state index is 9.96. The predicted molar refractivity (Wildman–Crippen MR) is 91.4 cm³/mol. The number of aliphatic hydroxyl groups excluding tert-OH is 1. The van der Waals surface area contributed by atoms with Crippen LogP contribution >= 0.6 is 0 Å². The van der Waals surface area contributed by atoms with Gasteiger partial charge in [-0.25, -0.2) is 4.99 Å². The van der Waals surface area contributed by atoms with Crippen LogP contribution in [0.5, 0.6) is 11.5 Å². The SMILES string of the molecule is COc1c(OC[C@@H](O)C(C)(C)O)ccc2c1N=C1OC=C[C@H]1[C@@H]2OC. The number of benzene rings is 1. The number of methoxy groups -OCH3 is 2. The van der Waals surface area contributed by atoms with Crippen LogP contribution < -0.4 is 9.47 Å². The fraction of sp³-hybridized carbons (Fsp3) is 0.500. The molecular formula is C18H23NO6. The molecule has 0 aromatic heterocycles. The Hall–Kier alpha value is -2.09. The number of hydrogen-bond donors (Lipinski definition) is 2. The summed E-state index contributed by atoms with van der Waals surface area (Å²) >= 11 is 0. The Morgan fingerprint density at radius 1 is 1.32 bits per heavy atom. The van der Waals surface area contributed by atoms with E-state index in [1.165, 1.54) is 21.0 Å². The lowest BCUT2D eigenvalue weighted by molar-refractivity contribution is -0.0663. The van der Waals surface area contributed by atoms with Crippen molar-refractivity contribution in [2.75, 3.05) is 20.8 Å². The summed E-state index contributed by atoms with van der Waals surface area (Å²) in [5.41, 5.74) is 0.192. The van der Waals surface area contributed by atoms with Crippen molar-refractivity contribution in [2.45, 2.75) is 31.7 Å². The summed E-state index contributed by atoms with van der Waals surface area (Å²) in [6.45, 7) is 2.96. The monoisotopic (exact) mass is 349 g/mol. The zero-order chi connectivity index (χ0) is 18.2. The van der Waals surface area contributed by atoms with Gasteiger partial charge in [0.15, 0.2) is 11.5 Å². The van der Waals surface area contributed by atoms with Crippen LogP contribution in [-0.2, 0) is 9.47 Å². The molecule has 0 spiro atoms. The Morgan fingerprint density at radius 2 is 2.08 bits per heavy atom. The molecule has 0 amide bonds. The first-order valence-corrected chi connectivity index (χ1v) is 8.05. The molecule has 136 valence electrons. The van der Waals surface area contributed by atoms with E-state index < -0.39 is 11.7 Å². The zero-order valence-electron chi connectivity index (χ0n) is 14.7.